The van der Waals surface area contributed by atoms with Gasteiger partial charge in [0.25, 0.3) is 5.69 Å². The van der Waals surface area contributed by atoms with Crippen molar-refractivity contribution in [2.75, 3.05) is 6.54 Å². The summed E-state index contributed by atoms with van der Waals surface area (Å²) in [5.41, 5.74) is 2.77. The molecule has 0 amide bonds. The van der Waals surface area contributed by atoms with Gasteiger partial charge in [-0.2, -0.15) is 0 Å². The van der Waals surface area contributed by atoms with Crippen LogP contribution in [0, 0.1) is 10.1 Å². The lowest BCUT2D eigenvalue weighted by molar-refractivity contribution is -0.384. The second-order valence-corrected chi connectivity index (χ2v) is 5.03. The SMILES string of the molecule is Cl.O=[N+]([O-])c1ccc(C2NCCc3cc(O)c(O)cc32)cc1. The van der Waals surface area contributed by atoms with Gasteiger partial charge in [0.1, 0.15) is 0 Å². The molecule has 0 saturated carbocycles. The summed E-state index contributed by atoms with van der Waals surface area (Å²) in [5.74, 6) is -0.289. The van der Waals surface area contributed by atoms with Crippen LogP contribution in [0.2, 0.25) is 0 Å². The van der Waals surface area contributed by atoms with E-state index in [1.165, 1.54) is 12.1 Å². The van der Waals surface area contributed by atoms with Crippen LogP contribution in [0.5, 0.6) is 11.5 Å². The van der Waals surface area contributed by atoms with Gasteiger partial charge in [-0.05, 0) is 35.2 Å². The Morgan fingerprint density at radius 2 is 1.77 bits per heavy atom. The largest absolute Gasteiger partial charge is 0.504 e. The molecule has 0 aliphatic carbocycles. The lowest BCUT2D eigenvalue weighted by Crippen LogP contribution is -2.30. The van der Waals surface area contributed by atoms with E-state index in [0.717, 1.165) is 29.7 Å². The van der Waals surface area contributed by atoms with Crippen LogP contribution in [0.25, 0.3) is 0 Å². The molecule has 6 nitrogen and oxygen atoms in total. The van der Waals surface area contributed by atoms with Gasteiger partial charge in [-0.25, -0.2) is 0 Å². The maximum absolute atomic E-state index is 10.7. The van der Waals surface area contributed by atoms with Crippen LogP contribution in [0.3, 0.4) is 0 Å². The summed E-state index contributed by atoms with van der Waals surface area (Å²) in [6, 6.07) is 9.30. The van der Waals surface area contributed by atoms with Gasteiger partial charge < -0.3 is 15.5 Å². The highest BCUT2D eigenvalue weighted by Crippen LogP contribution is 2.36. The minimum Gasteiger partial charge on any atom is -0.504 e. The Morgan fingerprint density at radius 3 is 2.41 bits per heavy atom. The molecule has 0 fully saturated rings. The normalized spacial score (nSPS) is 16.5. The van der Waals surface area contributed by atoms with E-state index in [-0.39, 0.29) is 35.6 Å². The average Bonchev–Trinajstić information content (AvgIpc) is 2.48. The molecule has 1 aliphatic rings. The Kier molecular flexibility index (Phi) is 4.54. The number of nitrogens with one attached hydrogen (secondary N) is 1. The molecule has 3 rings (SSSR count). The zero-order chi connectivity index (χ0) is 15.0. The van der Waals surface area contributed by atoms with Crippen LogP contribution < -0.4 is 5.32 Å². The minimum absolute atomic E-state index is 0. The van der Waals surface area contributed by atoms with Crippen LogP contribution in [0.4, 0.5) is 5.69 Å². The minimum atomic E-state index is -0.435. The zero-order valence-electron chi connectivity index (χ0n) is 11.5. The summed E-state index contributed by atoms with van der Waals surface area (Å²) in [5, 5.41) is 33.3. The van der Waals surface area contributed by atoms with Crippen LogP contribution in [0.15, 0.2) is 36.4 Å². The van der Waals surface area contributed by atoms with Crippen molar-refractivity contribution in [3.05, 3.63) is 63.2 Å². The summed E-state index contributed by atoms with van der Waals surface area (Å²) in [4.78, 5) is 10.3. The maximum atomic E-state index is 10.7. The predicted octanol–water partition coefficient (Wildman–Crippen LogP) is 2.66. The molecule has 1 unspecified atom stereocenters. The zero-order valence-corrected chi connectivity index (χ0v) is 12.3. The maximum Gasteiger partial charge on any atom is 0.269 e. The van der Waals surface area contributed by atoms with Gasteiger partial charge in [0, 0.05) is 18.7 Å². The molecule has 116 valence electrons. The number of rotatable bonds is 2. The number of nitro groups is 1. The monoisotopic (exact) mass is 322 g/mol. The number of hydrogen-bond donors (Lipinski definition) is 3. The lowest BCUT2D eigenvalue weighted by atomic mass is 9.89. The topological polar surface area (TPSA) is 95.6 Å². The molecule has 0 spiro atoms. The van der Waals surface area contributed by atoms with E-state index in [4.69, 9.17) is 0 Å². The van der Waals surface area contributed by atoms with Crippen molar-refractivity contribution in [3.63, 3.8) is 0 Å². The summed E-state index contributed by atoms with van der Waals surface area (Å²) in [6.45, 7) is 0.735. The third-order valence-corrected chi connectivity index (χ3v) is 3.73. The fourth-order valence-corrected chi connectivity index (χ4v) is 2.67. The van der Waals surface area contributed by atoms with Crippen molar-refractivity contribution in [2.45, 2.75) is 12.5 Å². The van der Waals surface area contributed by atoms with E-state index in [0.29, 0.717) is 0 Å². The van der Waals surface area contributed by atoms with Gasteiger partial charge in [0.05, 0.1) is 11.0 Å². The Bertz CT molecular complexity index is 703. The summed E-state index contributed by atoms with van der Waals surface area (Å²) < 4.78 is 0. The molecular weight excluding hydrogens is 308 g/mol. The van der Waals surface area contributed by atoms with Crippen molar-refractivity contribution in [2.24, 2.45) is 0 Å². The standard InChI is InChI=1S/C15H14N2O4.ClH/c18-13-7-10-5-6-16-15(12(10)8-14(13)19)9-1-3-11(4-2-9)17(20)21;/h1-4,7-8,15-16,18-19H,5-6H2;1H. The second kappa shape index (κ2) is 6.21. The van der Waals surface area contributed by atoms with Crippen molar-refractivity contribution in [1.29, 1.82) is 0 Å². The Balaban J connectivity index is 0.00000176. The number of nitrogens with zero attached hydrogens (tertiary/aromatic N) is 1. The summed E-state index contributed by atoms with van der Waals surface area (Å²) in [6.07, 6.45) is 0.757. The number of fused-ring (bicyclic) bond motifs is 1. The lowest BCUT2D eigenvalue weighted by Gasteiger charge is -2.27. The number of benzene rings is 2. The van der Waals surface area contributed by atoms with Crippen LogP contribution in [-0.2, 0) is 6.42 Å². The molecule has 0 aromatic heterocycles. The summed E-state index contributed by atoms with van der Waals surface area (Å²) >= 11 is 0. The molecule has 0 radical (unpaired) electrons. The second-order valence-electron chi connectivity index (χ2n) is 5.03. The van der Waals surface area contributed by atoms with Crippen LogP contribution in [0.1, 0.15) is 22.7 Å². The summed E-state index contributed by atoms with van der Waals surface area (Å²) in [7, 11) is 0. The molecule has 0 saturated heterocycles. The van der Waals surface area contributed by atoms with E-state index in [9.17, 15) is 20.3 Å². The van der Waals surface area contributed by atoms with Crippen LogP contribution in [-0.4, -0.2) is 21.7 Å². The quantitative estimate of drug-likeness (QED) is 0.449. The highest BCUT2D eigenvalue weighted by atomic mass is 35.5. The number of halogens is 1. The number of non-ortho nitro benzene ring substituents is 1. The molecule has 1 atom stereocenters. The Labute approximate surface area is 133 Å². The molecule has 1 aliphatic heterocycles. The molecule has 0 bridgehead atoms. The van der Waals surface area contributed by atoms with Gasteiger partial charge in [-0.1, -0.05) is 12.1 Å². The predicted molar refractivity (Wildman–Crippen MR) is 83.7 cm³/mol. The smallest absolute Gasteiger partial charge is 0.269 e. The Hall–Kier alpha value is -2.31. The van der Waals surface area contributed by atoms with E-state index >= 15 is 0 Å². The van der Waals surface area contributed by atoms with Crippen molar-refractivity contribution in [1.82, 2.24) is 5.32 Å². The van der Waals surface area contributed by atoms with Crippen molar-refractivity contribution < 1.29 is 15.1 Å². The molecule has 3 N–H and O–H groups in total. The number of phenolic OH excluding ortho intramolecular Hbond substituents is 2. The molecule has 1 heterocycles. The number of nitro benzene ring substituents is 1. The average molecular weight is 323 g/mol. The first kappa shape index (κ1) is 16.1. The number of phenols is 2. The van der Waals surface area contributed by atoms with Crippen LogP contribution >= 0.6 is 12.4 Å². The van der Waals surface area contributed by atoms with Gasteiger partial charge in [-0.3, -0.25) is 10.1 Å². The van der Waals surface area contributed by atoms with Gasteiger partial charge >= 0.3 is 0 Å². The van der Waals surface area contributed by atoms with E-state index in [1.54, 1.807) is 24.3 Å². The molecule has 7 heteroatoms. The fourth-order valence-electron chi connectivity index (χ4n) is 2.67. The highest BCUT2D eigenvalue weighted by molar-refractivity contribution is 5.85. The van der Waals surface area contributed by atoms with E-state index < -0.39 is 4.92 Å². The van der Waals surface area contributed by atoms with Gasteiger partial charge in [-0.15, -0.1) is 12.4 Å². The number of aromatic hydroxyl groups is 2. The number of hydrogen-bond acceptors (Lipinski definition) is 5. The molecule has 2 aromatic rings. The first-order valence-electron chi connectivity index (χ1n) is 6.59. The third kappa shape index (κ3) is 2.84. The Morgan fingerprint density at radius 1 is 1.14 bits per heavy atom. The fraction of sp³-hybridized carbons (Fsp3) is 0.200. The molecule has 22 heavy (non-hydrogen) atoms. The molecule has 2 aromatic carbocycles. The van der Waals surface area contributed by atoms with E-state index in [2.05, 4.69) is 5.32 Å². The highest BCUT2D eigenvalue weighted by Gasteiger charge is 2.23. The van der Waals surface area contributed by atoms with Gasteiger partial charge in [0.15, 0.2) is 11.5 Å². The van der Waals surface area contributed by atoms with Crippen molar-refractivity contribution in [3.8, 4) is 11.5 Å². The van der Waals surface area contributed by atoms with Gasteiger partial charge in [0.2, 0.25) is 0 Å². The van der Waals surface area contributed by atoms with Crippen molar-refractivity contribution >= 4 is 18.1 Å². The third-order valence-electron chi connectivity index (χ3n) is 3.73. The first-order valence-corrected chi connectivity index (χ1v) is 6.59. The molecular formula is C15H15ClN2O4. The van der Waals surface area contributed by atoms with E-state index in [1.807, 2.05) is 0 Å². The first-order chi connectivity index (χ1) is 10.1.